The van der Waals surface area contributed by atoms with E-state index in [1.54, 1.807) is 11.8 Å². The van der Waals surface area contributed by atoms with E-state index in [9.17, 15) is 0 Å². The Labute approximate surface area is 242 Å². The molecule has 0 amide bonds. The number of halogens is 1. The molecule has 0 saturated carbocycles. The molecule has 3 aliphatic heterocycles. The zero-order valence-electron chi connectivity index (χ0n) is 22.8. The van der Waals surface area contributed by atoms with Crippen LogP contribution in [0.4, 0.5) is 5.82 Å². The highest BCUT2D eigenvalue weighted by molar-refractivity contribution is 14.1. The minimum atomic E-state index is -0.517. The molecule has 0 aromatic carbocycles. The van der Waals surface area contributed by atoms with Crippen molar-refractivity contribution in [3.63, 3.8) is 0 Å². The molecule has 2 unspecified atom stereocenters. The van der Waals surface area contributed by atoms with Gasteiger partial charge in [0, 0.05) is 30.7 Å². The summed E-state index contributed by atoms with van der Waals surface area (Å²) >= 11 is 4.03. The summed E-state index contributed by atoms with van der Waals surface area (Å²) in [5, 5.41) is 5.98. The molecular formula is C27H38IN5O4S. The van der Waals surface area contributed by atoms with E-state index in [-0.39, 0.29) is 17.9 Å². The molecule has 3 fully saturated rings. The van der Waals surface area contributed by atoms with Gasteiger partial charge < -0.3 is 23.8 Å². The molecule has 2 aromatic rings. The van der Waals surface area contributed by atoms with Crippen LogP contribution in [0, 0.1) is 3.70 Å². The van der Waals surface area contributed by atoms with Gasteiger partial charge in [0.2, 0.25) is 0 Å². The smallest absolute Gasteiger partial charge is 0.189 e. The van der Waals surface area contributed by atoms with Gasteiger partial charge in [-0.1, -0.05) is 11.8 Å². The fourth-order valence-corrected chi connectivity index (χ4v) is 7.86. The lowest BCUT2D eigenvalue weighted by atomic mass is 9.87. The number of hydrogen-bond donors (Lipinski definition) is 0. The van der Waals surface area contributed by atoms with Crippen LogP contribution in [-0.4, -0.2) is 77.4 Å². The molecule has 11 heteroatoms. The molecule has 1 aliphatic carbocycles. The Hall–Kier alpha value is -0.990. The quantitative estimate of drug-likeness (QED) is 0.247. The molecule has 0 bridgehead atoms. The summed E-state index contributed by atoms with van der Waals surface area (Å²) in [6.07, 6.45) is 8.24. The number of thioether (sulfide) groups is 1. The Morgan fingerprint density at radius 1 is 1.03 bits per heavy atom. The summed E-state index contributed by atoms with van der Waals surface area (Å²) < 4.78 is 28.0. The lowest BCUT2D eigenvalue weighted by Crippen LogP contribution is -2.47. The van der Waals surface area contributed by atoms with Crippen molar-refractivity contribution in [2.45, 2.75) is 88.0 Å². The van der Waals surface area contributed by atoms with Crippen LogP contribution in [0.15, 0.2) is 5.16 Å². The molecule has 9 nitrogen and oxygen atoms in total. The van der Waals surface area contributed by atoms with Gasteiger partial charge in [0.1, 0.15) is 20.8 Å². The van der Waals surface area contributed by atoms with Crippen molar-refractivity contribution < 1.29 is 18.9 Å². The third kappa shape index (κ3) is 4.89. The van der Waals surface area contributed by atoms with E-state index in [1.165, 1.54) is 5.56 Å². The molecular weight excluding hydrogens is 617 g/mol. The van der Waals surface area contributed by atoms with Gasteiger partial charge in [-0.25, -0.2) is 14.6 Å². The summed E-state index contributed by atoms with van der Waals surface area (Å²) in [6, 6.07) is 0. The SMILES string of the molecule is CSc1nc(N2CCOC[C@@](C)(OC3CCCCO3)C2)c2c(n1)C(C)(C)c1c-2nn(C2CCCCO2)c1I. The van der Waals surface area contributed by atoms with Crippen LogP contribution in [0.25, 0.3) is 11.3 Å². The van der Waals surface area contributed by atoms with E-state index in [0.717, 1.165) is 89.9 Å². The van der Waals surface area contributed by atoms with Crippen molar-refractivity contribution >= 4 is 40.2 Å². The summed E-state index contributed by atoms with van der Waals surface area (Å²) in [7, 11) is 0. The van der Waals surface area contributed by atoms with Crippen molar-refractivity contribution in [3.05, 3.63) is 15.0 Å². The molecule has 0 spiro atoms. The van der Waals surface area contributed by atoms with Gasteiger partial charge in [-0.15, -0.1) is 0 Å². The van der Waals surface area contributed by atoms with Crippen molar-refractivity contribution in [1.82, 2.24) is 19.7 Å². The zero-order chi connectivity index (χ0) is 26.5. The number of hydrogen-bond acceptors (Lipinski definition) is 9. The molecule has 3 atom stereocenters. The Balaban J connectivity index is 1.42. The van der Waals surface area contributed by atoms with Crippen LogP contribution in [0.2, 0.25) is 0 Å². The summed E-state index contributed by atoms with van der Waals surface area (Å²) in [5.74, 6) is 0.918. The lowest BCUT2D eigenvalue weighted by Gasteiger charge is -2.37. The fraction of sp³-hybridized carbons (Fsp3) is 0.741. The molecule has 208 valence electrons. The van der Waals surface area contributed by atoms with Crippen molar-refractivity contribution in [2.24, 2.45) is 0 Å². The van der Waals surface area contributed by atoms with E-state index >= 15 is 0 Å². The van der Waals surface area contributed by atoms with Crippen LogP contribution in [0.5, 0.6) is 0 Å². The van der Waals surface area contributed by atoms with Crippen LogP contribution in [-0.2, 0) is 24.4 Å². The van der Waals surface area contributed by atoms with E-state index in [4.69, 9.17) is 34.0 Å². The van der Waals surface area contributed by atoms with Gasteiger partial charge in [0.25, 0.3) is 0 Å². The molecule has 6 rings (SSSR count). The first-order valence-corrected chi connectivity index (χ1v) is 16.1. The highest BCUT2D eigenvalue weighted by atomic mass is 127. The first-order chi connectivity index (χ1) is 18.3. The average Bonchev–Trinajstić information content (AvgIpc) is 3.29. The summed E-state index contributed by atoms with van der Waals surface area (Å²) in [6.45, 7) is 10.7. The number of fused-ring (bicyclic) bond motifs is 3. The van der Waals surface area contributed by atoms with Crippen molar-refractivity contribution in [2.75, 3.05) is 50.7 Å². The second-order valence-corrected chi connectivity index (χ2v) is 13.3. The topological polar surface area (TPSA) is 83.8 Å². The van der Waals surface area contributed by atoms with Crippen molar-refractivity contribution in [3.8, 4) is 11.3 Å². The second kappa shape index (κ2) is 10.8. The first-order valence-electron chi connectivity index (χ1n) is 13.8. The standard InChI is InChI=1S/C27H38IN5O4S/c1-26(2)20-21(31-33(23(20)28)17-9-5-7-12-35-17)19-22(26)29-25(38-4)30-24(19)32-11-14-34-16-27(3,15-32)37-18-10-6-8-13-36-18/h17-18H,5-16H2,1-4H3/t17?,18?,27-/m0/s1. The minimum absolute atomic E-state index is 0.0193. The van der Waals surface area contributed by atoms with Crippen molar-refractivity contribution in [1.29, 1.82) is 0 Å². The first kappa shape index (κ1) is 27.2. The van der Waals surface area contributed by atoms with Crippen LogP contribution in [0.1, 0.15) is 76.8 Å². The predicted octanol–water partition coefficient (Wildman–Crippen LogP) is 5.14. The maximum absolute atomic E-state index is 6.57. The molecule has 5 heterocycles. The fourth-order valence-electron chi connectivity index (χ4n) is 6.15. The number of ether oxygens (including phenoxy) is 4. The van der Waals surface area contributed by atoms with Gasteiger partial charge in [0.15, 0.2) is 17.7 Å². The summed E-state index contributed by atoms with van der Waals surface area (Å²) in [4.78, 5) is 12.5. The predicted molar refractivity (Wildman–Crippen MR) is 155 cm³/mol. The molecule has 4 aliphatic rings. The van der Waals surface area contributed by atoms with Gasteiger partial charge >= 0.3 is 0 Å². The average molecular weight is 656 g/mol. The Morgan fingerprint density at radius 2 is 1.82 bits per heavy atom. The lowest BCUT2D eigenvalue weighted by molar-refractivity contribution is -0.227. The second-order valence-electron chi connectivity index (χ2n) is 11.5. The highest BCUT2D eigenvalue weighted by Crippen LogP contribution is 2.53. The maximum atomic E-state index is 6.57. The molecule has 3 saturated heterocycles. The Kier molecular flexibility index (Phi) is 7.71. The molecule has 0 N–H and O–H groups in total. The number of rotatable bonds is 5. The van der Waals surface area contributed by atoms with Gasteiger partial charge in [-0.2, -0.15) is 5.10 Å². The van der Waals surface area contributed by atoms with E-state index in [1.807, 2.05) is 6.26 Å². The van der Waals surface area contributed by atoms with E-state index in [2.05, 4.69) is 52.9 Å². The van der Waals surface area contributed by atoms with Gasteiger partial charge in [0.05, 0.1) is 31.0 Å². The third-order valence-electron chi connectivity index (χ3n) is 8.08. The van der Waals surface area contributed by atoms with Gasteiger partial charge in [-0.3, -0.25) is 0 Å². The minimum Gasteiger partial charge on any atom is -0.377 e. The number of aromatic nitrogens is 4. The van der Waals surface area contributed by atoms with E-state index in [0.29, 0.717) is 19.8 Å². The molecule has 2 aromatic heterocycles. The number of nitrogens with zero attached hydrogens (tertiary/aromatic N) is 5. The largest absolute Gasteiger partial charge is 0.377 e. The normalized spacial score (nSPS) is 29.1. The number of anilines is 1. The van der Waals surface area contributed by atoms with Crippen LogP contribution in [0.3, 0.4) is 0 Å². The Morgan fingerprint density at radius 3 is 2.53 bits per heavy atom. The van der Waals surface area contributed by atoms with Crippen LogP contribution < -0.4 is 4.90 Å². The van der Waals surface area contributed by atoms with Crippen LogP contribution >= 0.6 is 34.4 Å². The molecule has 0 radical (unpaired) electrons. The summed E-state index contributed by atoms with van der Waals surface area (Å²) in [5.41, 5.74) is 3.47. The maximum Gasteiger partial charge on any atom is 0.189 e. The Bertz CT molecular complexity index is 1180. The third-order valence-corrected chi connectivity index (χ3v) is 9.66. The zero-order valence-corrected chi connectivity index (χ0v) is 25.8. The van der Waals surface area contributed by atoms with Gasteiger partial charge in [-0.05, 0) is 88.1 Å². The van der Waals surface area contributed by atoms with E-state index < -0.39 is 5.60 Å². The highest BCUT2D eigenvalue weighted by Gasteiger charge is 2.47. The monoisotopic (exact) mass is 655 g/mol. The molecule has 38 heavy (non-hydrogen) atoms.